The third kappa shape index (κ3) is 5.08. The smallest absolute Gasteiger partial charge is 0.226 e. The number of amides is 1. The first kappa shape index (κ1) is 15.9. The summed E-state index contributed by atoms with van der Waals surface area (Å²) in [4.78, 5) is 14.2. The van der Waals surface area contributed by atoms with Gasteiger partial charge < -0.3 is 9.64 Å². The van der Waals surface area contributed by atoms with Crippen molar-refractivity contribution in [1.82, 2.24) is 4.90 Å². The lowest BCUT2D eigenvalue weighted by molar-refractivity contribution is -0.132. The molecule has 112 valence electrons. The Morgan fingerprint density at radius 3 is 2.62 bits per heavy atom. The molecule has 0 aromatic heterocycles. The molecule has 0 N–H and O–H groups in total. The summed E-state index contributed by atoms with van der Waals surface area (Å²) in [6, 6.07) is 7.44. The van der Waals surface area contributed by atoms with Crippen LogP contribution in [0.4, 0.5) is 0 Å². The molecule has 1 fully saturated rings. The largest absolute Gasteiger partial charge is 0.369 e. The third-order valence-corrected chi connectivity index (χ3v) is 4.03. The summed E-state index contributed by atoms with van der Waals surface area (Å²) in [5.74, 6) is 3.16. The monoisotopic (exact) mass is 305 g/mol. The maximum Gasteiger partial charge on any atom is 0.226 e. The maximum atomic E-state index is 12.3. The summed E-state index contributed by atoms with van der Waals surface area (Å²) in [5.41, 5.74) is 1.00. The number of benzene rings is 1. The topological polar surface area (TPSA) is 29.5 Å². The van der Waals surface area contributed by atoms with Gasteiger partial charge in [-0.1, -0.05) is 29.7 Å². The minimum Gasteiger partial charge on any atom is -0.369 e. The molecule has 0 unspecified atom stereocenters. The first-order valence-electron chi connectivity index (χ1n) is 7.22. The zero-order chi connectivity index (χ0) is 15.1. The fourth-order valence-electron chi connectivity index (χ4n) is 2.52. The van der Waals surface area contributed by atoms with Crippen LogP contribution in [-0.2, 0) is 16.0 Å². The van der Waals surface area contributed by atoms with Crippen molar-refractivity contribution < 1.29 is 9.53 Å². The van der Waals surface area contributed by atoms with Gasteiger partial charge in [0.1, 0.15) is 6.61 Å². The van der Waals surface area contributed by atoms with Crippen LogP contribution in [-0.4, -0.2) is 37.1 Å². The Labute approximate surface area is 131 Å². The number of piperidine rings is 1. The molecule has 0 spiro atoms. The van der Waals surface area contributed by atoms with Crippen LogP contribution < -0.4 is 0 Å². The van der Waals surface area contributed by atoms with Crippen molar-refractivity contribution in [2.45, 2.75) is 19.3 Å². The molecule has 1 amide bonds. The van der Waals surface area contributed by atoms with E-state index in [0.717, 1.165) is 31.5 Å². The summed E-state index contributed by atoms with van der Waals surface area (Å²) < 4.78 is 5.37. The number of halogens is 1. The Hall–Kier alpha value is -1.50. The molecule has 0 saturated carbocycles. The number of hydrogen-bond donors (Lipinski definition) is 0. The zero-order valence-electron chi connectivity index (χ0n) is 12.1. The molecule has 1 heterocycles. The maximum absolute atomic E-state index is 12.3. The molecule has 1 aliphatic rings. The molecule has 4 heteroatoms. The van der Waals surface area contributed by atoms with Gasteiger partial charge in [-0.05, 0) is 36.5 Å². The predicted octanol–water partition coefficient (Wildman–Crippen LogP) is 2.77. The van der Waals surface area contributed by atoms with Crippen LogP contribution in [0.15, 0.2) is 24.3 Å². The quantitative estimate of drug-likeness (QED) is 0.618. The van der Waals surface area contributed by atoms with E-state index in [1.54, 1.807) is 0 Å². The van der Waals surface area contributed by atoms with E-state index in [-0.39, 0.29) is 5.91 Å². The van der Waals surface area contributed by atoms with Gasteiger partial charge in [0.15, 0.2) is 0 Å². The van der Waals surface area contributed by atoms with Gasteiger partial charge in [-0.3, -0.25) is 4.79 Å². The molecule has 1 aromatic carbocycles. The average molecular weight is 306 g/mol. The third-order valence-electron chi connectivity index (χ3n) is 3.77. The minimum absolute atomic E-state index is 0.181. The molecule has 21 heavy (non-hydrogen) atoms. The number of hydrogen-bond acceptors (Lipinski definition) is 2. The molecule has 1 aliphatic heterocycles. The fraction of sp³-hybridized carbons (Fsp3) is 0.471. The van der Waals surface area contributed by atoms with Gasteiger partial charge in [0.05, 0.1) is 13.0 Å². The second kappa shape index (κ2) is 8.07. The Morgan fingerprint density at radius 2 is 2.00 bits per heavy atom. The zero-order valence-corrected chi connectivity index (χ0v) is 12.8. The normalized spacial score (nSPS) is 15.7. The number of carbonyl (C=O) groups is 1. The SMILES string of the molecule is C#CCOCC1CCN(C(=O)Cc2ccc(Cl)cc2)CC1. The molecule has 0 radical (unpaired) electrons. The number of carbonyl (C=O) groups excluding carboxylic acids is 1. The van der Waals surface area contributed by atoms with Crippen molar-refractivity contribution in [1.29, 1.82) is 0 Å². The summed E-state index contributed by atoms with van der Waals surface area (Å²) >= 11 is 5.85. The highest BCUT2D eigenvalue weighted by Crippen LogP contribution is 2.19. The van der Waals surface area contributed by atoms with Crippen LogP contribution >= 0.6 is 11.6 Å². The van der Waals surface area contributed by atoms with Crippen LogP contribution in [0.1, 0.15) is 18.4 Å². The van der Waals surface area contributed by atoms with E-state index in [9.17, 15) is 4.79 Å². The van der Waals surface area contributed by atoms with Gasteiger partial charge in [0.25, 0.3) is 0 Å². The van der Waals surface area contributed by atoms with Gasteiger partial charge in [-0.25, -0.2) is 0 Å². The lowest BCUT2D eigenvalue weighted by atomic mass is 9.97. The van der Waals surface area contributed by atoms with E-state index < -0.39 is 0 Å². The second-order valence-electron chi connectivity index (χ2n) is 5.35. The molecule has 0 aliphatic carbocycles. The van der Waals surface area contributed by atoms with Gasteiger partial charge in [-0.2, -0.15) is 0 Å². The average Bonchev–Trinajstić information content (AvgIpc) is 2.50. The molecular weight excluding hydrogens is 286 g/mol. The van der Waals surface area contributed by atoms with Crippen molar-refractivity contribution >= 4 is 17.5 Å². The van der Waals surface area contributed by atoms with E-state index >= 15 is 0 Å². The molecule has 1 aromatic rings. The summed E-state index contributed by atoms with van der Waals surface area (Å²) in [6.45, 7) is 2.67. The van der Waals surface area contributed by atoms with Crippen LogP contribution in [0, 0.1) is 18.3 Å². The van der Waals surface area contributed by atoms with Crippen LogP contribution in [0.2, 0.25) is 5.02 Å². The number of ether oxygens (including phenoxy) is 1. The highest BCUT2D eigenvalue weighted by molar-refractivity contribution is 6.30. The highest BCUT2D eigenvalue weighted by Gasteiger charge is 2.22. The van der Waals surface area contributed by atoms with Gasteiger partial charge >= 0.3 is 0 Å². The first-order valence-corrected chi connectivity index (χ1v) is 7.60. The number of likely N-dealkylation sites (tertiary alicyclic amines) is 1. The van der Waals surface area contributed by atoms with Crippen molar-refractivity contribution in [3.8, 4) is 12.3 Å². The Bertz CT molecular complexity index is 499. The molecule has 1 saturated heterocycles. The van der Waals surface area contributed by atoms with E-state index in [2.05, 4.69) is 5.92 Å². The van der Waals surface area contributed by atoms with Gasteiger partial charge in [-0.15, -0.1) is 6.42 Å². The minimum atomic E-state index is 0.181. The number of rotatable bonds is 5. The van der Waals surface area contributed by atoms with Crippen LogP contribution in [0.3, 0.4) is 0 Å². The van der Waals surface area contributed by atoms with Gasteiger partial charge in [0, 0.05) is 18.1 Å². The molecule has 2 rings (SSSR count). The van der Waals surface area contributed by atoms with E-state index in [1.807, 2.05) is 29.2 Å². The van der Waals surface area contributed by atoms with E-state index in [1.165, 1.54) is 0 Å². The predicted molar refractivity (Wildman–Crippen MR) is 84.1 cm³/mol. The molecular formula is C17H20ClNO2. The van der Waals surface area contributed by atoms with Crippen molar-refractivity contribution in [2.75, 3.05) is 26.3 Å². The van der Waals surface area contributed by atoms with Crippen LogP contribution in [0.5, 0.6) is 0 Å². The second-order valence-corrected chi connectivity index (χ2v) is 5.78. The number of terminal acetylenes is 1. The Kier molecular flexibility index (Phi) is 6.10. The van der Waals surface area contributed by atoms with E-state index in [0.29, 0.717) is 30.6 Å². The fourth-order valence-corrected chi connectivity index (χ4v) is 2.65. The van der Waals surface area contributed by atoms with E-state index in [4.69, 9.17) is 22.8 Å². The summed E-state index contributed by atoms with van der Waals surface area (Å²) in [5, 5.41) is 0.694. The number of nitrogens with zero attached hydrogens (tertiary/aromatic N) is 1. The summed E-state index contributed by atoms with van der Waals surface area (Å²) in [7, 11) is 0. The molecule has 0 atom stereocenters. The lowest BCUT2D eigenvalue weighted by Gasteiger charge is -2.31. The lowest BCUT2D eigenvalue weighted by Crippen LogP contribution is -2.40. The Balaban J connectivity index is 1.75. The van der Waals surface area contributed by atoms with Crippen molar-refractivity contribution in [2.24, 2.45) is 5.92 Å². The van der Waals surface area contributed by atoms with Crippen LogP contribution in [0.25, 0.3) is 0 Å². The molecule has 0 bridgehead atoms. The standard InChI is InChI=1S/C17H20ClNO2/c1-2-11-21-13-15-7-9-19(10-8-15)17(20)12-14-3-5-16(18)6-4-14/h1,3-6,15H,7-13H2. The van der Waals surface area contributed by atoms with Crippen molar-refractivity contribution in [3.63, 3.8) is 0 Å². The molecule has 3 nitrogen and oxygen atoms in total. The summed E-state index contributed by atoms with van der Waals surface area (Å²) in [6.07, 6.45) is 7.56. The van der Waals surface area contributed by atoms with Gasteiger partial charge in [0.2, 0.25) is 5.91 Å². The van der Waals surface area contributed by atoms with Crippen molar-refractivity contribution in [3.05, 3.63) is 34.9 Å². The Morgan fingerprint density at radius 1 is 1.33 bits per heavy atom. The first-order chi connectivity index (χ1) is 10.2. The highest BCUT2D eigenvalue weighted by atomic mass is 35.5.